The molecule has 0 radical (unpaired) electrons. The third-order valence-corrected chi connectivity index (χ3v) is 4.66. The second kappa shape index (κ2) is 5.82. The molecule has 6 nitrogen and oxygen atoms in total. The fourth-order valence-corrected chi connectivity index (χ4v) is 3.54. The van der Waals surface area contributed by atoms with Gasteiger partial charge in [0.15, 0.2) is 5.52 Å². The number of hydrogen-bond donors (Lipinski definition) is 2. The summed E-state index contributed by atoms with van der Waals surface area (Å²) in [6.45, 7) is 1.81. The van der Waals surface area contributed by atoms with Gasteiger partial charge < -0.3 is 10.4 Å². The number of rotatable bonds is 3. The van der Waals surface area contributed by atoms with Crippen LogP contribution in [0.15, 0.2) is 48.5 Å². The van der Waals surface area contributed by atoms with Crippen molar-refractivity contribution in [2.75, 3.05) is 5.32 Å². The molecule has 1 aliphatic carbocycles. The molecule has 2 N–H and O–H groups in total. The van der Waals surface area contributed by atoms with Gasteiger partial charge in [-0.1, -0.05) is 36.4 Å². The number of hydrogen-bond acceptors (Lipinski definition) is 5. The van der Waals surface area contributed by atoms with Crippen molar-refractivity contribution < 1.29 is 10.0 Å². The number of anilines is 1. The Labute approximate surface area is 144 Å². The van der Waals surface area contributed by atoms with Crippen molar-refractivity contribution in [1.29, 1.82) is 0 Å². The van der Waals surface area contributed by atoms with E-state index in [1.165, 1.54) is 6.07 Å². The lowest BCUT2D eigenvalue weighted by Gasteiger charge is -2.20. The zero-order valence-electron chi connectivity index (χ0n) is 13.6. The highest BCUT2D eigenvalue weighted by atomic mass is 16.6. The number of para-hydroxylation sites is 1. The van der Waals surface area contributed by atoms with E-state index in [0.717, 1.165) is 16.8 Å². The quantitative estimate of drug-likeness (QED) is 0.565. The van der Waals surface area contributed by atoms with Crippen LogP contribution in [0.2, 0.25) is 0 Å². The molecule has 25 heavy (non-hydrogen) atoms. The van der Waals surface area contributed by atoms with Crippen molar-refractivity contribution >= 4 is 22.3 Å². The van der Waals surface area contributed by atoms with Crippen LogP contribution in [-0.4, -0.2) is 21.1 Å². The SMILES string of the molecule is Cc1cc(NC2c3ccccc3CC2O)c2cccc([N+](=O)[O-])c2n1. The summed E-state index contributed by atoms with van der Waals surface area (Å²) in [5.74, 6) is 0. The van der Waals surface area contributed by atoms with Crippen molar-refractivity contribution in [2.24, 2.45) is 0 Å². The highest BCUT2D eigenvalue weighted by Crippen LogP contribution is 2.37. The summed E-state index contributed by atoms with van der Waals surface area (Å²) in [5, 5.41) is 25.8. The van der Waals surface area contributed by atoms with Gasteiger partial charge in [0.05, 0.1) is 17.1 Å². The number of pyridine rings is 1. The number of nitrogens with one attached hydrogen (secondary N) is 1. The van der Waals surface area contributed by atoms with Crippen LogP contribution in [0.25, 0.3) is 10.9 Å². The first-order valence-corrected chi connectivity index (χ1v) is 8.12. The lowest BCUT2D eigenvalue weighted by atomic mass is 10.1. The van der Waals surface area contributed by atoms with Crippen LogP contribution < -0.4 is 5.32 Å². The van der Waals surface area contributed by atoms with Gasteiger partial charge in [-0.05, 0) is 24.1 Å². The van der Waals surface area contributed by atoms with Crippen LogP contribution in [-0.2, 0) is 6.42 Å². The van der Waals surface area contributed by atoms with Gasteiger partial charge in [-0.25, -0.2) is 4.98 Å². The van der Waals surface area contributed by atoms with Crippen LogP contribution in [0.5, 0.6) is 0 Å². The van der Waals surface area contributed by atoms with E-state index >= 15 is 0 Å². The zero-order chi connectivity index (χ0) is 17.6. The Morgan fingerprint density at radius 1 is 1.24 bits per heavy atom. The molecule has 2 aromatic carbocycles. The van der Waals surface area contributed by atoms with Gasteiger partial charge >= 0.3 is 0 Å². The van der Waals surface area contributed by atoms with E-state index in [1.807, 2.05) is 36.4 Å². The topological polar surface area (TPSA) is 88.3 Å². The molecule has 1 aliphatic rings. The second-order valence-corrected chi connectivity index (χ2v) is 6.33. The number of nitrogens with zero attached hydrogens (tertiary/aromatic N) is 2. The number of benzene rings is 2. The normalized spacial score (nSPS) is 19.0. The minimum atomic E-state index is -0.542. The molecule has 0 saturated carbocycles. The summed E-state index contributed by atoms with van der Waals surface area (Å²) >= 11 is 0. The molecule has 0 saturated heterocycles. The molecule has 0 fully saturated rings. The van der Waals surface area contributed by atoms with Crippen molar-refractivity contribution in [3.05, 3.63) is 75.5 Å². The van der Waals surface area contributed by atoms with Crippen LogP contribution in [0, 0.1) is 17.0 Å². The predicted molar refractivity (Wildman–Crippen MR) is 95.7 cm³/mol. The number of nitro benzene ring substituents is 1. The molecular formula is C19H17N3O3. The molecule has 0 aliphatic heterocycles. The number of aromatic nitrogens is 1. The largest absolute Gasteiger partial charge is 0.390 e. The molecule has 6 heteroatoms. The molecule has 126 valence electrons. The Kier molecular flexibility index (Phi) is 3.62. The van der Waals surface area contributed by atoms with E-state index in [-0.39, 0.29) is 11.7 Å². The molecule has 2 unspecified atom stereocenters. The van der Waals surface area contributed by atoms with Crippen molar-refractivity contribution in [2.45, 2.75) is 25.5 Å². The fourth-order valence-electron chi connectivity index (χ4n) is 3.54. The summed E-state index contributed by atoms with van der Waals surface area (Å²) in [6, 6.07) is 14.5. The molecule has 2 atom stereocenters. The minimum absolute atomic E-state index is 0.0170. The number of fused-ring (bicyclic) bond motifs is 2. The summed E-state index contributed by atoms with van der Waals surface area (Å²) in [6.07, 6.45) is 0.0512. The van der Waals surface area contributed by atoms with Crippen LogP contribution in [0.1, 0.15) is 22.9 Å². The first-order valence-electron chi connectivity index (χ1n) is 8.12. The van der Waals surface area contributed by atoms with E-state index in [4.69, 9.17) is 0 Å². The van der Waals surface area contributed by atoms with Crippen molar-refractivity contribution in [1.82, 2.24) is 4.98 Å². The maximum absolute atomic E-state index is 11.3. The number of aliphatic hydroxyl groups excluding tert-OH is 1. The standard InChI is InChI=1S/C19H17N3O3/c1-11-9-15(14-7-4-8-16(22(24)25)18(14)20-11)21-19-13-6-3-2-5-12(13)10-17(19)23/h2-9,17,19,23H,10H2,1H3,(H,20,21). The van der Waals surface area contributed by atoms with Gasteiger partial charge in [0.2, 0.25) is 0 Å². The molecular weight excluding hydrogens is 318 g/mol. The van der Waals surface area contributed by atoms with Crippen molar-refractivity contribution in [3.8, 4) is 0 Å². The maximum atomic E-state index is 11.3. The number of aryl methyl sites for hydroxylation is 1. The lowest BCUT2D eigenvalue weighted by Crippen LogP contribution is -2.21. The summed E-state index contributed by atoms with van der Waals surface area (Å²) in [7, 11) is 0. The summed E-state index contributed by atoms with van der Waals surface area (Å²) < 4.78 is 0. The van der Waals surface area contributed by atoms with E-state index in [9.17, 15) is 15.2 Å². The molecule has 4 rings (SSSR count). The van der Waals surface area contributed by atoms with Crippen LogP contribution in [0.4, 0.5) is 11.4 Å². The van der Waals surface area contributed by atoms with Gasteiger partial charge in [0.25, 0.3) is 5.69 Å². The Bertz CT molecular complexity index is 987. The average molecular weight is 335 g/mol. The van der Waals surface area contributed by atoms with Gasteiger partial charge in [-0.3, -0.25) is 10.1 Å². The molecule has 0 bridgehead atoms. The lowest BCUT2D eigenvalue weighted by molar-refractivity contribution is -0.383. The van der Waals surface area contributed by atoms with Crippen molar-refractivity contribution in [3.63, 3.8) is 0 Å². The molecule has 0 spiro atoms. The third-order valence-electron chi connectivity index (χ3n) is 4.66. The monoisotopic (exact) mass is 335 g/mol. The predicted octanol–water partition coefficient (Wildman–Crippen LogP) is 3.52. The Morgan fingerprint density at radius 3 is 2.84 bits per heavy atom. The van der Waals surface area contributed by atoms with E-state index in [0.29, 0.717) is 23.0 Å². The highest BCUT2D eigenvalue weighted by molar-refractivity contribution is 5.96. The zero-order valence-corrected chi connectivity index (χ0v) is 13.6. The summed E-state index contributed by atoms with van der Waals surface area (Å²) in [5.41, 5.74) is 3.95. The Morgan fingerprint density at radius 2 is 2.04 bits per heavy atom. The molecule has 3 aromatic rings. The molecule has 0 amide bonds. The smallest absolute Gasteiger partial charge is 0.295 e. The number of aliphatic hydroxyl groups is 1. The highest BCUT2D eigenvalue weighted by Gasteiger charge is 2.31. The third kappa shape index (κ3) is 2.60. The summed E-state index contributed by atoms with van der Waals surface area (Å²) in [4.78, 5) is 15.2. The average Bonchev–Trinajstić information content (AvgIpc) is 2.90. The van der Waals surface area contributed by atoms with Gasteiger partial charge in [0.1, 0.15) is 0 Å². The first-order chi connectivity index (χ1) is 12.0. The Hall–Kier alpha value is -2.99. The van der Waals surface area contributed by atoms with Gasteiger partial charge in [-0.15, -0.1) is 0 Å². The van der Waals surface area contributed by atoms with Crippen LogP contribution in [0.3, 0.4) is 0 Å². The Balaban J connectivity index is 1.83. The van der Waals surface area contributed by atoms with E-state index in [1.54, 1.807) is 13.0 Å². The van der Waals surface area contributed by atoms with E-state index in [2.05, 4.69) is 10.3 Å². The maximum Gasteiger partial charge on any atom is 0.295 e. The van der Waals surface area contributed by atoms with E-state index < -0.39 is 11.0 Å². The van der Waals surface area contributed by atoms with Gasteiger partial charge in [0, 0.05) is 29.3 Å². The number of non-ortho nitro benzene ring substituents is 1. The second-order valence-electron chi connectivity index (χ2n) is 6.33. The molecule has 1 aromatic heterocycles. The number of nitro groups is 1. The van der Waals surface area contributed by atoms with Gasteiger partial charge in [-0.2, -0.15) is 0 Å². The minimum Gasteiger partial charge on any atom is -0.390 e. The molecule has 1 heterocycles. The fraction of sp³-hybridized carbons (Fsp3) is 0.211. The van der Waals surface area contributed by atoms with Crippen LogP contribution >= 0.6 is 0 Å². The first kappa shape index (κ1) is 15.5.